The van der Waals surface area contributed by atoms with E-state index in [0.29, 0.717) is 5.56 Å². The van der Waals surface area contributed by atoms with Crippen LogP contribution < -0.4 is 0 Å². The summed E-state index contributed by atoms with van der Waals surface area (Å²) in [5.41, 5.74) is 0.161. The van der Waals surface area contributed by atoms with Crippen LogP contribution in [0.2, 0.25) is 0 Å². The molecule has 0 bridgehead atoms. The van der Waals surface area contributed by atoms with Crippen molar-refractivity contribution >= 4 is 11.7 Å². The minimum absolute atomic E-state index is 0.0189. The quantitative estimate of drug-likeness (QED) is 0.692. The molecule has 0 aliphatic carbocycles. The van der Waals surface area contributed by atoms with Gasteiger partial charge in [0.2, 0.25) is 0 Å². The van der Waals surface area contributed by atoms with E-state index >= 15 is 0 Å². The smallest absolute Gasteiger partial charge is 0.339 e. The van der Waals surface area contributed by atoms with Crippen LogP contribution in [0.4, 0.5) is 5.69 Å². The molecule has 0 unspecified atom stereocenters. The third-order valence-corrected chi connectivity index (χ3v) is 2.96. The van der Waals surface area contributed by atoms with E-state index in [0.717, 1.165) is 0 Å². The second-order valence-electron chi connectivity index (χ2n) is 5.62. The molecule has 1 N–H and O–H groups in total. The van der Waals surface area contributed by atoms with Crippen molar-refractivity contribution in [2.75, 3.05) is 0 Å². The average molecular weight is 289 g/mol. The monoisotopic (exact) mass is 289 g/mol. The number of carboxylic acids is 1. The molecule has 0 saturated carbocycles. The number of hydrogen-bond donors (Lipinski definition) is 1. The molecule has 7 nitrogen and oxygen atoms in total. The predicted molar refractivity (Wildman–Crippen MR) is 76.3 cm³/mol. The van der Waals surface area contributed by atoms with Crippen LogP contribution in [-0.2, 0) is 5.54 Å². The zero-order valence-corrected chi connectivity index (χ0v) is 11.9. The van der Waals surface area contributed by atoms with Gasteiger partial charge in [-0.25, -0.2) is 4.79 Å². The van der Waals surface area contributed by atoms with Crippen LogP contribution in [0, 0.1) is 10.1 Å². The van der Waals surface area contributed by atoms with Gasteiger partial charge < -0.3 is 5.11 Å². The fourth-order valence-electron chi connectivity index (χ4n) is 1.85. The topological polar surface area (TPSA) is 98.3 Å². The lowest BCUT2D eigenvalue weighted by Crippen LogP contribution is -2.22. The van der Waals surface area contributed by atoms with Gasteiger partial charge in [0, 0.05) is 23.9 Å². The molecule has 2 aromatic rings. The van der Waals surface area contributed by atoms with Gasteiger partial charge in [-0.2, -0.15) is 5.10 Å². The van der Waals surface area contributed by atoms with Gasteiger partial charge in [0.15, 0.2) is 0 Å². The van der Waals surface area contributed by atoms with E-state index in [9.17, 15) is 20.0 Å². The van der Waals surface area contributed by atoms with Gasteiger partial charge in [0.25, 0.3) is 5.69 Å². The molecule has 1 aromatic carbocycles. The van der Waals surface area contributed by atoms with Crippen molar-refractivity contribution < 1.29 is 14.8 Å². The normalized spacial score (nSPS) is 11.4. The molecule has 0 aliphatic rings. The highest BCUT2D eigenvalue weighted by Gasteiger charge is 2.23. The standard InChI is InChI=1S/C14H15N3O4/c1-14(2,3)16-8-11(13(18)19)12(15-16)9-5-4-6-10(7-9)17(20)21/h4-8H,1-3H3,(H,18,19). The van der Waals surface area contributed by atoms with Crippen molar-refractivity contribution in [1.82, 2.24) is 9.78 Å². The first-order valence-electron chi connectivity index (χ1n) is 6.28. The second kappa shape index (κ2) is 5.01. The summed E-state index contributed by atoms with van der Waals surface area (Å²) >= 11 is 0. The summed E-state index contributed by atoms with van der Waals surface area (Å²) in [5, 5.41) is 24.4. The van der Waals surface area contributed by atoms with Gasteiger partial charge in [-0.1, -0.05) is 12.1 Å². The zero-order chi connectivity index (χ0) is 15.8. The van der Waals surface area contributed by atoms with E-state index < -0.39 is 10.9 Å². The fraction of sp³-hybridized carbons (Fsp3) is 0.286. The number of nitro benzene ring substituents is 1. The average Bonchev–Trinajstić information content (AvgIpc) is 2.84. The Kier molecular flexibility index (Phi) is 3.51. The molecule has 7 heteroatoms. The third kappa shape index (κ3) is 2.91. The Labute approximate surface area is 121 Å². The van der Waals surface area contributed by atoms with Crippen molar-refractivity contribution in [1.29, 1.82) is 0 Å². The molecule has 0 fully saturated rings. The fourth-order valence-corrected chi connectivity index (χ4v) is 1.85. The summed E-state index contributed by atoms with van der Waals surface area (Å²) in [5.74, 6) is -1.12. The first-order valence-corrected chi connectivity index (χ1v) is 6.28. The molecule has 0 spiro atoms. The molecule has 2 rings (SSSR count). The van der Waals surface area contributed by atoms with E-state index in [-0.39, 0.29) is 22.5 Å². The Bertz CT molecular complexity index is 713. The molecule has 1 heterocycles. The van der Waals surface area contributed by atoms with Gasteiger partial charge in [0.05, 0.1) is 10.5 Å². The maximum atomic E-state index is 11.4. The van der Waals surface area contributed by atoms with Gasteiger partial charge in [-0.3, -0.25) is 14.8 Å². The zero-order valence-electron chi connectivity index (χ0n) is 11.9. The van der Waals surface area contributed by atoms with Crippen molar-refractivity contribution in [3.63, 3.8) is 0 Å². The lowest BCUT2D eigenvalue weighted by atomic mass is 10.1. The maximum Gasteiger partial charge on any atom is 0.339 e. The highest BCUT2D eigenvalue weighted by atomic mass is 16.6. The van der Waals surface area contributed by atoms with Crippen molar-refractivity contribution in [2.24, 2.45) is 0 Å². The van der Waals surface area contributed by atoms with Gasteiger partial charge in [0.1, 0.15) is 11.3 Å². The van der Waals surface area contributed by atoms with Crippen LogP contribution in [0.5, 0.6) is 0 Å². The van der Waals surface area contributed by atoms with Crippen molar-refractivity contribution in [3.05, 3.63) is 46.1 Å². The highest BCUT2D eigenvalue weighted by molar-refractivity contribution is 5.94. The second-order valence-corrected chi connectivity index (χ2v) is 5.62. The van der Waals surface area contributed by atoms with Crippen LogP contribution >= 0.6 is 0 Å². The predicted octanol–water partition coefficient (Wildman–Crippen LogP) is 2.91. The van der Waals surface area contributed by atoms with E-state index in [4.69, 9.17) is 0 Å². The molecule has 0 amide bonds. The Balaban J connectivity index is 2.62. The lowest BCUT2D eigenvalue weighted by Gasteiger charge is -2.18. The van der Waals surface area contributed by atoms with E-state index in [1.54, 1.807) is 10.7 Å². The van der Waals surface area contributed by atoms with E-state index in [1.807, 2.05) is 20.8 Å². The summed E-state index contributed by atoms with van der Waals surface area (Å²) in [6, 6.07) is 5.79. The number of nitrogens with zero attached hydrogens (tertiary/aromatic N) is 3. The molecule has 1 aromatic heterocycles. The number of hydrogen-bond acceptors (Lipinski definition) is 4. The molecular formula is C14H15N3O4. The molecule has 0 atom stereocenters. The van der Waals surface area contributed by atoms with Crippen LogP contribution in [0.15, 0.2) is 30.5 Å². The summed E-state index contributed by atoms with van der Waals surface area (Å²) in [6.07, 6.45) is 1.44. The number of carboxylic acid groups (broad SMARTS) is 1. The number of rotatable bonds is 3. The maximum absolute atomic E-state index is 11.4. The van der Waals surface area contributed by atoms with E-state index in [1.165, 1.54) is 24.4 Å². The molecule has 0 radical (unpaired) electrons. The summed E-state index contributed by atoms with van der Waals surface area (Å²) < 4.78 is 1.55. The molecule has 21 heavy (non-hydrogen) atoms. The summed E-state index contributed by atoms with van der Waals surface area (Å²) in [7, 11) is 0. The van der Waals surface area contributed by atoms with E-state index in [2.05, 4.69) is 5.10 Å². The number of carbonyl (C=O) groups is 1. The van der Waals surface area contributed by atoms with Gasteiger partial charge in [-0.15, -0.1) is 0 Å². The lowest BCUT2D eigenvalue weighted by molar-refractivity contribution is -0.384. The van der Waals surface area contributed by atoms with Gasteiger partial charge in [-0.05, 0) is 20.8 Å². The Morgan fingerprint density at radius 1 is 1.38 bits per heavy atom. The molecule has 0 saturated heterocycles. The minimum atomic E-state index is -1.12. The summed E-state index contributed by atoms with van der Waals surface area (Å²) in [6.45, 7) is 5.68. The van der Waals surface area contributed by atoms with Crippen LogP contribution in [0.1, 0.15) is 31.1 Å². The number of aromatic nitrogens is 2. The Morgan fingerprint density at radius 2 is 2.05 bits per heavy atom. The largest absolute Gasteiger partial charge is 0.478 e. The Hall–Kier alpha value is -2.70. The van der Waals surface area contributed by atoms with Crippen molar-refractivity contribution in [3.8, 4) is 11.3 Å². The van der Waals surface area contributed by atoms with Gasteiger partial charge >= 0.3 is 5.97 Å². The van der Waals surface area contributed by atoms with Crippen LogP contribution in [0.3, 0.4) is 0 Å². The number of benzene rings is 1. The Morgan fingerprint density at radius 3 is 2.57 bits per heavy atom. The van der Waals surface area contributed by atoms with Crippen LogP contribution in [-0.4, -0.2) is 25.8 Å². The van der Waals surface area contributed by atoms with Crippen molar-refractivity contribution in [2.45, 2.75) is 26.3 Å². The number of nitro groups is 1. The van der Waals surface area contributed by atoms with Crippen LogP contribution in [0.25, 0.3) is 11.3 Å². The molecular weight excluding hydrogens is 274 g/mol. The molecule has 110 valence electrons. The third-order valence-electron chi connectivity index (χ3n) is 2.96. The number of aromatic carboxylic acids is 1. The number of non-ortho nitro benzene ring substituents is 1. The first kappa shape index (κ1) is 14.7. The minimum Gasteiger partial charge on any atom is -0.478 e. The first-order chi connectivity index (χ1) is 9.70. The SMILES string of the molecule is CC(C)(C)n1cc(C(=O)O)c(-c2cccc([N+](=O)[O-])c2)n1. The highest BCUT2D eigenvalue weighted by Crippen LogP contribution is 2.27. The summed E-state index contributed by atoms with van der Waals surface area (Å²) in [4.78, 5) is 21.7. The molecule has 0 aliphatic heterocycles.